The highest BCUT2D eigenvalue weighted by atomic mass is 79.9. The Morgan fingerprint density at radius 1 is 1.33 bits per heavy atom. The molecule has 15 heavy (non-hydrogen) atoms. The Morgan fingerprint density at radius 2 is 1.93 bits per heavy atom. The van der Waals surface area contributed by atoms with Gasteiger partial charge in [-0.15, -0.1) is 0 Å². The summed E-state index contributed by atoms with van der Waals surface area (Å²) < 4.78 is 25.3. The highest BCUT2D eigenvalue weighted by molar-refractivity contribution is 9.10. The molecule has 1 aromatic rings. The van der Waals surface area contributed by atoms with Crippen molar-refractivity contribution >= 4 is 26.0 Å². The summed E-state index contributed by atoms with van der Waals surface area (Å²) in [4.78, 5) is 0. The fourth-order valence-corrected chi connectivity index (χ4v) is 3.17. The molecule has 1 aromatic carbocycles. The number of benzene rings is 1. The molecule has 5 heteroatoms. The first-order chi connectivity index (χ1) is 6.98. The van der Waals surface area contributed by atoms with E-state index >= 15 is 0 Å². The zero-order valence-corrected chi connectivity index (χ0v) is 10.8. The number of sulfonamides is 1. The molecule has 0 radical (unpaired) electrons. The first-order valence-corrected chi connectivity index (χ1v) is 7.35. The molecule has 1 aliphatic rings. The lowest BCUT2D eigenvalue weighted by atomic mass is 9.98. The normalized spacial score (nSPS) is 22.4. The van der Waals surface area contributed by atoms with Crippen LogP contribution in [0.5, 0.6) is 0 Å². The van der Waals surface area contributed by atoms with Crippen LogP contribution in [-0.4, -0.2) is 25.5 Å². The summed E-state index contributed by atoms with van der Waals surface area (Å²) in [5, 5.41) is 0. The van der Waals surface area contributed by atoms with E-state index < -0.39 is 10.0 Å². The minimum Gasteiger partial charge on any atom is -0.212 e. The monoisotopic (exact) mass is 289 g/mol. The third kappa shape index (κ3) is 2.24. The lowest BCUT2D eigenvalue weighted by molar-refractivity contribution is 0.204. The smallest absolute Gasteiger partial charge is 0.211 e. The lowest BCUT2D eigenvalue weighted by Crippen LogP contribution is -2.44. The van der Waals surface area contributed by atoms with Gasteiger partial charge in [0.15, 0.2) is 0 Å². The molecule has 0 amide bonds. The van der Waals surface area contributed by atoms with E-state index in [1.54, 1.807) is 0 Å². The van der Waals surface area contributed by atoms with Crippen LogP contribution in [0.4, 0.5) is 0 Å². The van der Waals surface area contributed by atoms with E-state index in [1.807, 2.05) is 24.3 Å². The molecule has 1 aliphatic heterocycles. The van der Waals surface area contributed by atoms with E-state index in [0.717, 1.165) is 16.5 Å². The van der Waals surface area contributed by atoms with Gasteiger partial charge in [0.2, 0.25) is 10.0 Å². The SMILES string of the molecule is CS(=O)(=O)N1CC[C@@H]1c1ccc(Br)cc1. The van der Waals surface area contributed by atoms with Crippen molar-refractivity contribution in [1.82, 2.24) is 4.31 Å². The number of halogens is 1. The molecule has 2 rings (SSSR count). The molecule has 1 atom stereocenters. The number of nitrogens with zero attached hydrogens (tertiary/aromatic N) is 1. The molecule has 1 fully saturated rings. The summed E-state index contributed by atoms with van der Waals surface area (Å²) in [6, 6.07) is 7.84. The van der Waals surface area contributed by atoms with Crippen LogP contribution in [0.15, 0.2) is 28.7 Å². The molecule has 0 aliphatic carbocycles. The average molecular weight is 290 g/mol. The number of hydrogen-bond donors (Lipinski definition) is 0. The van der Waals surface area contributed by atoms with Crippen LogP contribution >= 0.6 is 15.9 Å². The van der Waals surface area contributed by atoms with Crippen molar-refractivity contribution in [3.8, 4) is 0 Å². The van der Waals surface area contributed by atoms with E-state index in [4.69, 9.17) is 0 Å². The van der Waals surface area contributed by atoms with Crippen molar-refractivity contribution in [1.29, 1.82) is 0 Å². The first kappa shape index (κ1) is 11.1. The Labute approximate surface area is 98.3 Å². The van der Waals surface area contributed by atoms with Gasteiger partial charge in [-0.05, 0) is 24.1 Å². The van der Waals surface area contributed by atoms with Gasteiger partial charge < -0.3 is 0 Å². The second kappa shape index (κ2) is 3.88. The van der Waals surface area contributed by atoms with Gasteiger partial charge >= 0.3 is 0 Å². The van der Waals surface area contributed by atoms with E-state index in [2.05, 4.69) is 15.9 Å². The maximum absolute atomic E-state index is 11.4. The molecule has 3 nitrogen and oxygen atoms in total. The van der Waals surface area contributed by atoms with E-state index in [-0.39, 0.29) is 6.04 Å². The molecule has 0 spiro atoms. The van der Waals surface area contributed by atoms with Gasteiger partial charge in [-0.1, -0.05) is 28.1 Å². The Hall–Kier alpha value is -0.390. The average Bonchev–Trinajstić information content (AvgIpc) is 2.03. The highest BCUT2D eigenvalue weighted by Gasteiger charge is 2.35. The van der Waals surface area contributed by atoms with Crippen molar-refractivity contribution in [3.05, 3.63) is 34.3 Å². The van der Waals surface area contributed by atoms with Crippen LogP contribution < -0.4 is 0 Å². The molecule has 1 saturated heterocycles. The van der Waals surface area contributed by atoms with Gasteiger partial charge in [-0.3, -0.25) is 0 Å². The van der Waals surface area contributed by atoms with Gasteiger partial charge in [-0.25, -0.2) is 8.42 Å². The summed E-state index contributed by atoms with van der Waals surface area (Å²) in [5.41, 5.74) is 1.06. The molecular formula is C10H12BrNO2S. The molecule has 82 valence electrons. The molecule has 0 unspecified atom stereocenters. The predicted octanol–water partition coefficient (Wildman–Crippen LogP) is 2.16. The predicted molar refractivity (Wildman–Crippen MR) is 63.0 cm³/mol. The largest absolute Gasteiger partial charge is 0.212 e. The van der Waals surface area contributed by atoms with Crippen molar-refractivity contribution in [3.63, 3.8) is 0 Å². The van der Waals surface area contributed by atoms with Gasteiger partial charge in [0.25, 0.3) is 0 Å². The Kier molecular flexibility index (Phi) is 2.87. The van der Waals surface area contributed by atoms with E-state index in [0.29, 0.717) is 6.54 Å². The maximum Gasteiger partial charge on any atom is 0.211 e. The molecule has 0 aromatic heterocycles. The van der Waals surface area contributed by atoms with Crippen LogP contribution in [0.1, 0.15) is 18.0 Å². The topological polar surface area (TPSA) is 37.4 Å². The quantitative estimate of drug-likeness (QED) is 0.837. The third-order valence-corrected chi connectivity index (χ3v) is 4.47. The van der Waals surface area contributed by atoms with E-state index in [9.17, 15) is 8.42 Å². The zero-order valence-electron chi connectivity index (χ0n) is 8.35. The lowest BCUT2D eigenvalue weighted by Gasteiger charge is -2.39. The van der Waals surface area contributed by atoms with Crippen LogP contribution in [-0.2, 0) is 10.0 Å². The molecule has 0 bridgehead atoms. The van der Waals surface area contributed by atoms with Crippen molar-refractivity contribution in [2.45, 2.75) is 12.5 Å². The third-order valence-electron chi connectivity index (χ3n) is 2.65. The summed E-state index contributed by atoms with van der Waals surface area (Å²) >= 11 is 3.36. The number of rotatable bonds is 2. The minimum atomic E-state index is -3.05. The summed E-state index contributed by atoms with van der Waals surface area (Å²) in [7, 11) is -3.05. The Bertz CT molecular complexity index is 455. The number of hydrogen-bond acceptors (Lipinski definition) is 2. The highest BCUT2D eigenvalue weighted by Crippen LogP contribution is 2.35. The van der Waals surface area contributed by atoms with Crippen LogP contribution in [0, 0.1) is 0 Å². The fourth-order valence-electron chi connectivity index (χ4n) is 1.78. The second-order valence-electron chi connectivity index (χ2n) is 3.73. The Balaban J connectivity index is 2.23. The second-order valence-corrected chi connectivity index (χ2v) is 6.58. The molecule has 1 heterocycles. The van der Waals surface area contributed by atoms with Crippen LogP contribution in [0.3, 0.4) is 0 Å². The molecule has 0 N–H and O–H groups in total. The fraction of sp³-hybridized carbons (Fsp3) is 0.400. The van der Waals surface area contributed by atoms with Gasteiger partial charge in [-0.2, -0.15) is 4.31 Å². The van der Waals surface area contributed by atoms with Gasteiger partial charge in [0, 0.05) is 11.0 Å². The van der Waals surface area contributed by atoms with Crippen molar-refractivity contribution < 1.29 is 8.42 Å². The van der Waals surface area contributed by atoms with Crippen LogP contribution in [0.2, 0.25) is 0 Å². The summed E-state index contributed by atoms with van der Waals surface area (Å²) in [6.45, 7) is 0.638. The van der Waals surface area contributed by atoms with Crippen molar-refractivity contribution in [2.24, 2.45) is 0 Å². The molecule has 0 saturated carbocycles. The van der Waals surface area contributed by atoms with Gasteiger partial charge in [0.05, 0.1) is 12.3 Å². The standard InChI is InChI=1S/C10H12BrNO2S/c1-15(13,14)12-7-6-10(12)8-2-4-9(11)5-3-8/h2-5,10H,6-7H2,1H3/t10-/m1/s1. The molecular weight excluding hydrogens is 278 g/mol. The minimum absolute atomic E-state index is 0.0353. The zero-order chi connectivity index (χ0) is 11.1. The Morgan fingerprint density at radius 3 is 2.33 bits per heavy atom. The van der Waals surface area contributed by atoms with E-state index in [1.165, 1.54) is 10.6 Å². The summed E-state index contributed by atoms with van der Waals surface area (Å²) in [6.07, 6.45) is 2.17. The van der Waals surface area contributed by atoms with Gasteiger partial charge in [0.1, 0.15) is 0 Å². The maximum atomic E-state index is 11.4. The summed E-state index contributed by atoms with van der Waals surface area (Å²) in [5.74, 6) is 0. The first-order valence-electron chi connectivity index (χ1n) is 4.71. The van der Waals surface area contributed by atoms with Crippen LogP contribution in [0.25, 0.3) is 0 Å². The van der Waals surface area contributed by atoms with Crippen molar-refractivity contribution in [2.75, 3.05) is 12.8 Å².